The van der Waals surface area contributed by atoms with Crippen LogP contribution in [0.5, 0.6) is 5.75 Å². The van der Waals surface area contributed by atoms with Crippen LogP contribution in [0.2, 0.25) is 0 Å². The third-order valence-electron chi connectivity index (χ3n) is 6.89. The van der Waals surface area contributed by atoms with Gasteiger partial charge in [-0.15, -0.1) is 0 Å². The summed E-state index contributed by atoms with van der Waals surface area (Å²) >= 11 is 0. The molecule has 0 unspecified atom stereocenters. The van der Waals surface area contributed by atoms with Gasteiger partial charge in [0.2, 0.25) is 5.91 Å². The quantitative estimate of drug-likeness (QED) is 0.0848. The second-order valence-electron chi connectivity index (χ2n) is 11.1. The van der Waals surface area contributed by atoms with Crippen LogP contribution in [0.25, 0.3) is 0 Å². The Kier molecular flexibility index (Phi) is 18.9. The number of amides is 1. The van der Waals surface area contributed by atoms with Gasteiger partial charge in [-0.1, -0.05) is 13.8 Å². The number of benzene rings is 1. The number of rotatable bonds is 14. The minimum Gasteiger partial charge on any atom is -0.549 e. The van der Waals surface area contributed by atoms with Crippen LogP contribution in [0.1, 0.15) is 13.8 Å². The second-order valence-corrected chi connectivity index (χ2v) is 11.1. The van der Waals surface area contributed by atoms with Crippen molar-refractivity contribution in [1.82, 2.24) is 24.5 Å². The van der Waals surface area contributed by atoms with Crippen LogP contribution in [-0.4, -0.2) is 156 Å². The van der Waals surface area contributed by atoms with Gasteiger partial charge in [0.1, 0.15) is 12.3 Å². The van der Waals surface area contributed by atoms with E-state index in [0.717, 1.165) is 0 Å². The first-order valence-electron chi connectivity index (χ1n) is 14.5. The molecule has 255 valence electrons. The van der Waals surface area contributed by atoms with Crippen LogP contribution in [0.3, 0.4) is 0 Å². The van der Waals surface area contributed by atoms with E-state index in [1.165, 1.54) is 29.2 Å². The van der Waals surface area contributed by atoms with E-state index in [1.807, 2.05) is 13.8 Å². The maximum absolute atomic E-state index is 13.5. The number of esters is 1. The Hall–Kier alpha value is -2.87. The molecule has 0 aliphatic carbocycles. The zero-order valence-corrected chi connectivity index (χ0v) is 28.1. The van der Waals surface area contributed by atoms with Crippen LogP contribution in [0.4, 0.5) is 5.69 Å². The molecular weight excluding hydrogens is 754 g/mol. The molecule has 0 spiro atoms. The SMILES string of the molecule is CC(C)CN(CC(=O)Oc1ccc([N+](=O)[O-])cc1)C(=O)CN1CCN(CC(=O)[O-])CCN(CC(=O)[O-])CCN(CC(=O)O)CC1.[Gd+3]. The summed E-state index contributed by atoms with van der Waals surface area (Å²) in [6, 6.07) is 4.93. The Morgan fingerprint density at radius 1 is 0.804 bits per heavy atom. The average Bonchev–Trinajstić information content (AvgIpc) is 2.93. The number of carboxylic acids is 3. The van der Waals surface area contributed by atoms with E-state index < -0.39 is 54.3 Å². The van der Waals surface area contributed by atoms with Crippen molar-refractivity contribution in [3.05, 3.63) is 34.4 Å². The molecule has 0 aromatic heterocycles. The number of hydrogen-bond acceptors (Lipinski definition) is 14. The number of hydrogen-bond donors (Lipinski definition) is 1. The molecule has 46 heavy (non-hydrogen) atoms. The minimum atomic E-state index is -1.32. The molecule has 1 N–H and O–H groups in total. The maximum Gasteiger partial charge on any atom is 3.00 e. The number of nitro benzene ring substituents is 1. The number of aliphatic carboxylic acids is 3. The Morgan fingerprint density at radius 3 is 1.59 bits per heavy atom. The summed E-state index contributed by atoms with van der Waals surface area (Å²) in [5.41, 5.74) is -0.174. The zero-order chi connectivity index (χ0) is 33.5. The van der Waals surface area contributed by atoms with Crippen molar-refractivity contribution in [2.24, 2.45) is 5.92 Å². The standard InChI is InChI=1S/C28H42N6O11.Gd/c1-21(2)15-33(20-28(42)45-23-5-3-22(4-6-23)34(43)44)24(35)16-29-7-9-30(17-25(36)37)11-13-32(19-27(40)41)14-12-31(10-8-29)18-26(38)39;/h3-6,21H,7-20H2,1-2H3,(H,36,37)(H,38,39)(H,40,41);/q;+3/p-2. The molecule has 0 bridgehead atoms. The van der Waals surface area contributed by atoms with Gasteiger partial charge in [0.05, 0.1) is 30.0 Å². The first-order chi connectivity index (χ1) is 21.2. The number of nitro groups is 1. The van der Waals surface area contributed by atoms with E-state index >= 15 is 0 Å². The van der Waals surface area contributed by atoms with Gasteiger partial charge < -0.3 is 34.5 Å². The average molecular weight is 794 g/mol. The van der Waals surface area contributed by atoms with Gasteiger partial charge in [0.15, 0.2) is 0 Å². The number of carbonyl (C=O) groups excluding carboxylic acids is 4. The van der Waals surface area contributed by atoms with Crippen molar-refractivity contribution in [2.45, 2.75) is 13.8 Å². The molecule has 1 aliphatic rings. The number of non-ortho nitro benzene ring substituents is 1. The fourth-order valence-electron chi connectivity index (χ4n) is 4.71. The van der Waals surface area contributed by atoms with Crippen molar-refractivity contribution in [2.75, 3.05) is 91.6 Å². The van der Waals surface area contributed by atoms with E-state index in [9.17, 15) is 49.4 Å². The van der Waals surface area contributed by atoms with E-state index in [-0.39, 0.29) is 129 Å². The summed E-state index contributed by atoms with van der Waals surface area (Å²) in [5, 5.41) is 42.9. The van der Waals surface area contributed by atoms with Gasteiger partial charge in [0, 0.05) is 84.1 Å². The van der Waals surface area contributed by atoms with E-state index in [2.05, 4.69) is 0 Å². The molecule has 2 rings (SSSR count). The molecule has 1 saturated heterocycles. The maximum atomic E-state index is 13.5. The molecule has 0 atom stereocenters. The Bertz CT molecular complexity index is 1150. The van der Waals surface area contributed by atoms with Crippen molar-refractivity contribution >= 4 is 35.5 Å². The largest absolute Gasteiger partial charge is 3.00 e. The topological polar surface area (TPSA) is 220 Å². The Balaban J connectivity index is 0.0000106. The molecule has 1 amide bonds. The zero-order valence-electron chi connectivity index (χ0n) is 25.9. The summed E-state index contributed by atoms with van der Waals surface area (Å²) in [4.78, 5) is 78.5. The van der Waals surface area contributed by atoms with E-state index in [1.54, 1.807) is 19.6 Å². The smallest absolute Gasteiger partial charge is 0.549 e. The molecular formula is C28H40GdN6O11+. The fourth-order valence-corrected chi connectivity index (χ4v) is 4.71. The summed E-state index contributed by atoms with van der Waals surface area (Å²) in [7, 11) is 0. The van der Waals surface area contributed by atoms with Crippen LogP contribution in [0, 0.1) is 56.0 Å². The Morgan fingerprint density at radius 2 is 1.22 bits per heavy atom. The van der Waals surface area contributed by atoms with Gasteiger partial charge in [-0.25, -0.2) is 4.79 Å². The predicted octanol–water partition coefficient (Wildman–Crippen LogP) is -3.21. The molecule has 1 radical (unpaired) electrons. The van der Waals surface area contributed by atoms with Crippen LogP contribution in [-0.2, 0) is 24.0 Å². The summed E-state index contributed by atoms with van der Waals surface area (Å²) in [5.74, 6) is -4.81. The van der Waals surface area contributed by atoms with Crippen LogP contribution >= 0.6 is 0 Å². The fraction of sp³-hybridized carbons (Fsp3) is 0.607. The van der Waals surface area contributed by atoms with Gasteiger partial charge >= 0.3 is 51.9 Å². The normalized spacial score (nSPS) is 16.0. The number of nitrogens with zero attached hydrogens (tertiary/aromatic N) is 6. The number of carboxylic acid groups (broad SMARTS) is 3. The van der Waals surface area contributed by atoms with Crippen molar-refractivity contribution in [1.29, 1.82) is 0 Å². The molecule has 1 aromatic rings. The van der Waals surface area contributed by atoms with Gasteiger partial charge in [-0.2, -0.15) is 0 Å². The third-order valence-corrected chi connectivity index (χ3v) is 6.89. The van der Waals surface area contributed by atoms with Crippen LogP contribution in [0.15, 0.2) is 24.3 Å². The van der Waals surface area contributed by atoms with Crippen molar-refractivity contribution in [3.8, 4) is 5.75 Å². The van der Waals surface area contributed by atoms with E-state index in [0.29, 0.717) is 0 Å². The summed E-state index contributed by atoms with van der Waals surface area (Å²) < 4.78 is 5.28. The molecule has 18 heteroatoms. The molecule has 1 aromatic carbocycles. The molecule has 17 nitrogen and oxygen atoms in total. The molecule has 1 fully saturated rings. The van der Waals surface area contributed by atoms with Crippen molar-refractivity contribution in [3.63, 3.8) is 0 Å². The molecule has 1 aliphatic heterocycles. The number of ether oxygens (including phenoxy) is 1. The van der Waals surface area contributed by atoms with E-state index in [4.69, 9.17) is 4.74 Å². The van der Waals surface area contributed by atoms with Gasteiger partial charge in [0.25, 0.3) is 5.69 Å². The third kappa shape index (κ3) is 16.6. The monoisotopic (exact) mass is 794 g/mol. The first kappa shape index (κ1) is 41.2. The molecule has 1 heterocycles. The Labute approximate surface area is 298 Å². The minimum absolute atomic E-state index is 0. The first-order valence-corrected chi connectivity index (χ1v) is 14.5. The van der Waals surface area contributed by atoms with Crippen LogP contribution < -0.4 is 14.9 Å². The predicted molar refractivity (Wildman–Crippen MR) is 154 cm³/mol. The van der Waals surface area contributed by atoms with Gasteiger partial charge in [-0.3, -0.25) is 39.3 Å². The number of carbonyl (C=O) groups is 5. The second kappa shape index (κ2) is 21.1. The molecule has 0 saturated carbocycles. The van der Waals surface area contributed by atoms with Gasteiger partial charge in [-0.05, 0) is 18.1 Å². The summed E-state index contributed by atoms with van der Waals surface area (Å²) in [6.45, 7) is 3.86. The summed E-state index contributed by atoms with van der Waals surface area (Å²) in [6.07, 6.45) is 0. The van der Waals surface area contributed by atoms with Crippen molar-refractivity contribution < 1.29 is 88.9 Å².